The summed E-state index contributed by atoms with van der Waals surface area (Å²) in [5.41, 5.74) is 1.45. The van der Waals surface area contributed by atoms with Crippen molar-refractivity contribution in [3.63, 3.8) is 0 Å². The molecular formula is C17H22N. The van der Waals surface area contributed by atoms with E-state index in [4.69, 9.17) is 0 Å². The largest absolute Gasteiger partial charge is 0.362 e. The van der Waals surface area contributed by atoms with Crippen LogP contribution in [0.2, 0.25) is 0 Å². The van der Waals surface area contributed by atoms with E-state index in [1.807, 2.05) is 18.2 Å². The predicted molar refractivity (Wildman–Crippen MR) is 78.6 cm³/mol. The number of nitrogens with zero attached hydrogens (tertiary/aromatic N) is 1. The third kappa shape index (κ3) is 2.22. The van der Waals surface area contributed by atoms with Crippen LogP contribution in [0.1, 0.15) is 19.3 Å². The van der Waals surface area contributed by atoms with Gasteiger partial charge in [0.2, 0.25) is 0 Å². The average Bonchev–Trinajstić information content (AvgIpc) is 2.67. The lowest BCUT2D eigenvalue weighted by Crippen LogP contribution is -2.24. The van der Waals surface area contributed by atoms with Crippen molar-refractivity contribution in [2.45, 2.75) is 19.3 Å². The zero-order valence-electron chi connectivity index (χ0n) is 11.0. The molecule has 0 spiro atoms. The standard InChI is InChI=1S/C17H22N/c1-4-9-14-15-11-7-8-12-17(15)18(13-6-3)16(14)10-5-2/h4-8,12,14-15H,1-3,9-11,13H2. The highest BCUT2D eigenvalue weighted by atomic mass is 15.2. The molecule has 2 aliphatic rings. The summed E-state index contributed by atoms with van der Waals surface area (Å²) >= 11 is 0. The molecule has 2 unspecified atom stereocenters. The van der Waals surface area contributed by atoms with Crippen molar-refractivity contribution in [3.8, 4) is 0 Å². The Balaban J connectivity index is 2.31. The highest BCUT2D eigenvalue weighted by Crippen LogP contribution is 2.49. The monoisotopic (exact) mass is 240 g/mol. The second kappa shape index (κ2) is 5.90. The van der Waals surface area contributed by atoms with Gasteiger partial charge in [0.1, 0.15) is 0 Å². The minimum Gasteiger partial charge on any atom is -0.362 e. The van der Waals surface area contributed by atoms with Crippen LogP contribution in [0.25, 0.3) is 0 Å². The van der Waals surface area contributed by atoms with Crippen LogP contribution in [0.3, 0.4) is 0 Å². The lowest BCUT2D eigenvalue weighted by molar-refractivity contribution is 0.379. The number of hydrogen-bond donors (Lipinski definition) is 0. The Labute approximate surface area is 111 Å². The second-order valence-electron chi connectivity index (χ2n) is 4.88. The van der Waals surface area contributed by atoms with Crippen molar-refractivity contribution in [2.24, 2.45) is 11.8 Å². The molecule has 1 nitrogen and oxygen atoms in total. The first-order chi connectivity index (χ1) is 8.83. The summed E-state index contributed by atoms with van der Waals surface area (Å²) < 4.78 is 0. The third-order valence-corrected chi connectivity index (χ3v) is 3.83. The maximum absolute atomic E-state index is 3.91. The Morgan fingerprint density at radius 2 is 2.06 bits per heavy atom. The first-order valence-corrected chi connectivity index (χ1v) is 6.66. The van der Waals surface area contributed by atoms with Gasteiger partial charge in [-0.1, -0.05) is 30.4 Å². The van der Waals surface area contributed by atoms with Crippen LogP contribution in [0.4, 0.5) is 0 Å². The van der Waals surface area contributed by atoms with Crippen LogP contribution < -0.4 is 0 Å². The molecule has 0 bridgehead atoms. The molecule has 1 heterocycles. The summed E-state index contributed by atoms with van der Waals surface area (Å²) in [4.78, 5) is 2.43. The van der Waals surface area contributed by atoms with Crippen molar-refractivity contribution < 1.29 is 0 Å². The lowest BCUT2D eigenvalue weighted by atomic mass is 9.82. The second-order valence-corrected chi connectivity index (χ2v) is 4.88. The van der Waals surface area contributed by atoms with Gasteiger partial charge in [-0.05, 0) is 31.3 Å². The van der Waals surface area contributed by atoms with E-state index in [2.05, 4.69) is 42.9 Å². The van der Waals surface area contributed by atoms with E-state index in [1.54, 1.807) is 0 Å². The maximum Gasteiger partial charge on any atom is 0.0711 e. The zero-order valence-corrected chi connectivity index (χ0v) is 11.0. The van der Waals surface area contributed by atoms with Crippen LogP contribution in [-0.2, 0) is 0 Å². The Morgan fingerprint density at radius 3 is 2.72 bits per heavy atom. The van der Waals surface area contributed by atoms with Gasteiger partial charge < -0.3 is 4.90 Å². The van der Waals surface area contributed by atoms with Gasteiger partial charge in [-0.3, -0.25) is 0 Å². The molecule has 0 N–H and O–H groups in total. The van der Waals surface area contributed by atoms with E-state index < -0.39 is 0 Å². The van der Waals surface area contributed by atoms with Crippen molar-refractivity contribution in [2.75, 3.05) is 6.54 Å². The number of hydrogen-bond acceptors (Lipinski definition) is 1. The van der Waals surface area contributed by atoms with E-state index >= 15 is 0 Å². The Bertz CT molecular complexity index is 388. The fraction of sp³-hybridized carbons (Fsp3) is 0.353. The number of likely N-dealkylation sites (tertiary alicyclic amines) is 1. The van der Waals surface area contributed by atoms with Crippen LogP contribution in [-0.4, -0.2) is 11.4 Å². The molecule has 95 valence electrons. The molecule has 1 radical (unpaired) electrons. The number of rotatable bonds is 6. The Kier molecular flexibility index (Phi) is 4.24. The smallest absolute Gasteiger partial charge is 0.0711 e. The Morgan fingerprint density at radius 1 is 1.22 bits per heavy atom. The van der Waals surface area contributed by atoms with Crippen molar-refractivity contribution >= 4 is 0 Å². The zero-order chi connectivity index (χ0) is 13.0. The van der Waals surface area contributed by atoms with Gasteiger partial charge in [-0.25, -0.2) is 0 Å². The summed E-state index contributed by atoms with van der Waals surface area (Å²) in [5, 5.41) is 0. The minimum absolute atomic E-state index is 0.580. The SMILES string of the molecule is C=CC[C]1C(CC=C)C2CC=CC=C2N1CC=C. The highest BCUT2D eigenvalue weighted by Gasteiger charge is 2.43. The Hall–Kier alpha value is -1.50. The number of fused-ring (bicyclic) bond motifs is 1. The van der Waals surface area contributed by atoms with Crippen LogP contribution in [0.15, 0.2) is 61.9 Å². The van der Waals surface area contributed by atoms with Gasteiger partial charge in [0.15, 0.2) is 0 Å². The van der Waals surface area contributed by atoms with Gasteiger partial charge in [-0.15, -0.1) is 19.7 Å². The molecule has 1 saturated heterocycles. The summed E-state index contributed by atoms with van der Waals surface area (Å²) in [6.07, 6.45) is 15.9. The average molecular weight is 240 g/mol. The number of allylic oxidation sites excluding steroid dienone is 5. The molecule has 0 aromatic heterocycles. The van der Waals surface area contributed by atoms with Gasteiger partial charge in [0.25, 0.3) is 0 Å². The minimum atomic E-state index is 0.580. The topological polar surface area (TPSA) is 3.24 Å². The highest BCUT2D eigenvalue weighted by molar-refractivity contribution is 5.32. The lowest BCUT2D eigenvalue weighted by Gasteiger charge is -2.27. The first kappa shape index (κ1) is 12.9. The van der Waals surface area contributed by atoms with Crippen molar-refractivity contribution in [1.29, 1.82) is 0 Å². The predicted octanol–water partition coefficient (Wildman–Crippen LogP) is 4.25. The fourth-order valence-corrected chi connectivity index (χ4v) is 3.14. The molecule has 0 saturated carbocycles. The van der Waals surface area contributed by atoms with E-state index in [1.165, 1.54) is 11.7 Å². The van der Waals surface area contributed by atoms with E-state index in [-0.39, 0.29) is 0 Å². The van der Waals surface area contributed by atoms with E-state index in [0.717, 1.165) is 25.8 Å². The molecule has 1 aliphatic heterocycles. The summed E-state index contributed by atoms with van der Waals surface area (Å²) in [5.74, 6) is 1.19. The van der Waals surface area contributed by atoms with Crippen molar-refractivity contribution in [3.05, 3.63) is 67.9 Å². The molecule has 1 aliphatic carbocycles. The molecule has 18 heavy (non-hydrogen) atoms. The van der Waals surface area contributed by atoms with Crippen LogP contribution >= 0.6 is 0 Å². The fourth-order valence-electron chi connectivity index (χ4n) is 3.14. The third-order valence-electron chi connectivity index (χ3n) is 3.83. The van der Waals surface area contributed by atoms with E-state index in [0.29, 0.717) is 11.8 Å². The molecule has 0 aromatic carbocycles. The molecule has 0 amide bonds. The van der Waals surface area contributed by atoms with E-state index in [9.17, 15) is 0 Å². The molecule has 2 atom stereocenters. The van der Waals surface area contributed by atoms with Gasteiger partial charge in [0, 0.05) is 18.2 Å². The molecule has 1 heteroatoms. The summed E-state index contributed by atoms with van der Waals surface area (Å²) in [7, 11) is 0. The summed E-state index contributed by atoms with van der Waals surface area (Å²) in [6, 6.07) is 1.48. The van der Waals surface area contributed by atoms with Crippen LogP contribution in [0, 0.1) is 17.9 Å². The molecule has 0 aromatic rings. The molecule has 2 rings (SSSR count). The van der Waals surface area contributed by atoms with Gasteiger partial charge in [0.05, 0.1) is 6.04 Å². The van der Waals surface area contributed by atoms with Gasteiger partial charge >= 0.3 is 0 Å². The quantitative estimate of drug-likeness (QED) is 0.627. The van der Waals surface area contributed by atoms with Crippen LogP contribution in [0.5, 0.6) is 0 Å². The summed E-state index contributed by atoms with van der Waals surface area (Å²) in [6.45, 7) is 12.6. The van der Waals surface area contributed by atoms with Gasteiger partial charge in [-0.2, -0.15) is 0 Å². The maximum atomic E-state index is 3.91. The van der Waals surface area contributed by atoms with Crippen molar-refractivity contribution in [1.82, 2.24) is 4.90 Å². The molecular weight excluding hydrogens is 218 g/mol. The molecule has 1 fully saturated rings. The first-order valence-electron chi connectivity index (χ1n) is 6.66. The normalized spacial score (nSPS) is 26.7.